The van der Waals surface area contributed by atoms with Crippen LogP contribution in [0.5, 0.6) is 0 Å². The van der Waals surface area contributed by atoms with Crippen LogP contribution < -0.4 is 0 Å². The monoisotopic (exact) mass is 173 g/mol. The summed E-state index contributed by atoms with van der Waals surface area (Å²) in [5.41, 5.74) is 0. The highest BCUT2D eigenvalue weighted by atomic mass is 28.3. The first kappa shape index (κ1) is 10.4. The van der Waals surface area contributed by atoms with Crippen molar-refractivity contribution in [3.8, 4) is 0 Å². The lowest BCUT2D eigenvalue weighted by Crippen LogP contribution is -2.51. The number of carbonyl (C=O) groups is 2. The molecule has 0 fully saturated rings. The molecule has 0 rings (SSSR count). The molecule has 0 bridgehead atoms. The molecule has 0 aliphatic rings. The van der Waals surface area contributed by atoms with E-state index in [1.807, 2.05) is 19.6 Å². The molecule has 0 aromatic rings. The number of imide groups is 1. The van der Waals surface area contributed by atoms with Crippen LogP contribution in [0.25, 0.3) is 0 Å². The quantitative estimate of drug-likeness (QED) is 0.559. The van der Waals surface area contributed by atoms with Gasteiger partial charge in [-0.3, -0.25) is 9.59 Å². The minimum absolute atomic E-state index is 0.142. The summed E-state index contributed by atoms with van der Waals surface area (Å²) in [5.74, 6) is -0.284. The fourth-order valence-electron chi connectivity index (χ4n) is 1.17. The molecule has 0 N–H and O–H groups in total. The average Bonchev–Trinajstić information content (AvgIpc) is 1.54. The summed E-state index contributed by atoms with van der Waals surface area (Å²) in [6, 6.07) is 0. The van der Waals surface area contributed by atoms with E-state index >= 15 is 0 Å². The summed E-state index contributed by atoms with van der Waals surface area (Å²) in [4.78, 5) is 21.9. The van der Waals surface area contributed by atoms with Crippen molar-refractivity contribution in [2.24, 2.45) is 0 Å². The predicted molar refractivity (Wildman–Crippen MR) is 46.5 cm³/mol. The fourth-order valence-corrected chi connectivity index (χ4v) is 3.06. The van der Waals surface area contributed by atoms with Gasteiger partial charge < -0.3 is 4.57 Å². The van der Waals surface area contributed by atoms with Gasteiger partial charge in [0.1, 0.15) is 0 Å². The first-order valence-corrected chi connectivity index (χ1v) is 7.03. The first-order valence-electron chi connectivity index (χ1n) is 3.58. The van der Waals surface area contributed by atoms with Crippen molar-refractivity contribution in [3.05, 3.63) is 0 Å². The third-order valence-electron chi connectivity index (χ3n) is 1.30. The van der Waals surface area contributed by atoms with Gasteiger partial charge in [0.2, 0.25) is 11.8 Å². The maximum Gasteiger partial charge on any atom is 0.218 e. The van der Waals surface area contributed by atoms with Gasteiger partial charge in [-0.1, -0.05) is 19.6 Å². The SMILES string of the molecule is CC(=O)N(C(C)=O)[Si](C)(C)C. The summed E-state index contributed by atoms with van der Waals surface area (Å²) in [5, 5.41) is 0. The Morgan fingerprint density at radius 1 is 1.00 bits per heavy atom. The second-order valence-electron chi connectivity index (χ2n) is 3.54. The van der Waals surface area contributed by atoms with E-state index in [1.54, 1.807) is 0 Å². The van der Waals surface area contributed by atoms with Gasteiger partial charge in [-0.15, -0.1) is 0 Å². The predicted octanol–water partition coefficient (Wildman–Crippen LogP) is 1.22. The van der Waals surface area contributed by atoms with E-state index in [1.165, 1.54) is 18.4 Å². The van der Waals surface area contributed by atoms with E-state index in [0.717, 1.165) is 0 Å². The number of hydrogen-bond acceptors (Lipinski definition) is 2. The minimum atomic E-state index is -1.78. The van der Waals surface area contributed by atoms with Crippen molar-refractivity contribution in [1.29, 1.82) is 0 Å². The summed E-state index contributed by atoms with van der Waals surface area (Å²) in [6.45, 7) is 8.76. The second kappa shape index (κ2) is 3.17. The van der Waals surface area contributed by atoms with E-state index in [9.17, 15) is 9.59 Å². The Labute approximate surface area is 68.5 Å². The summed E-state index contributed by atoms with van der Waals surface area (Å²) in [6.07, 6.45) is 0. The van der Waals surface area contributed by atoms with Gasteiger partial charge in [-0.2, -0.15) is 0 Å². The standard InChI is InChI=1S/C7H15NO2Si/c1-6(9)8(7(2)10)11(3,4)5/h1-5H3. The van der Waals surface area contributed by atoms with Crippen LogP contribution in [0.15, 0.2) is 0 Å². The molecule has 0 aromatic heterocycles. The van der Waals surface area contributed by atoms with Gasteiger partial charge in [0.05, 0.1) is 0 Å². The third-order valence-corrected chi connectivity index (χ3v) is 3.27. The van der Waals surface area contributed by atoms with Gasteiger partial charge >= 0.3 is 0 Å². The van der Waals surface area contributed by atoms with Crippen LogP contribution in [0.1, 0.15) is 13.8 Å². The largest absolute Gasteiger partial charge is 0.313 e. The molecule has 2 amide bonds. The molecule has 64 valence electrons. The van der Waals surface area contributed by atoms with Crippen molar-refractivity contribution >= 4 is 20.0 Å². The lowest BCUT2D eigenvalue weighted by atomic mass is 10.6. The highest BCUT2D eigenvalue weighted by molar-refractivity contribution is 6.77. The lowest BCUT2D eigenvalue weighted by molar-refractivity contribution is -0.136. The van der Waals surface area contributed by atoms with Gasteiger partial charge in [0.25, 0.3) is 0 Å². The molecule has 11 heavy (non-hydrogen) atoms. The number of nitrogens with zero attached hydrogens (tertiary/aromatic N) is 1. The van der Waals surface area contributed by atoms with Crippen molar-refractivity contribution in [1.82, 2.24) is 4.57 Å². The molecule has 0 radical (unpaired) electrons. The Morgan fingerprint density at radius 2 is 1.27 bits per heavy atom. The van der Waals surface area contributed by atoms with Crippen LogP contribution in [0.3, 0.4) is 0 Å². The van der Waals surface area contributed by atoms with Crippen LogP contribution in [0, 0.1) is 0 Å². The molecule has 4 heteroatoms. The number of amides is 2. The van der Waals surface area contributed by atoms with E-state index < -0.39 is 8.24 Å². The van der Waals surface area contributed by atoms with Crippen LogP contribution in [0.4, 0.5) is 0 Å². The molecule has 0 aromatic carbocycles. The van der Waals surface area contributed by atoms with Crippen molar-refractivity contribution < 1.29 is 9.59 Å². The van der Waals surface area contributed by atoms with Gasteiger partial charge in [-0.05, 0) is 0 Å². The Balaban J connectivity index is 4.63. The molecule has 0 heterocycles. The molecule has 0 spiro atoms. The molecular weight excluding hydrogens is 158 g/mol. The molecule has 3 nitrogen and oxygen atoms in total. The topological polar surface area (TPSA) is 37.4 Å². The highest BCUT2D eigenvalue weighted by Gasteiger charge is 2.29. The van der Waals surface area contributed by atoms with Crippen LogP contribution in [0.2, 0.25) is 19.6 Å². The molecular formula is C7H15NO2Si. The Hall–Kier alpha value is -0.643. The number of hydrogen-bond donors (Lipinski definition) is 0. The average molecular weight is 173 g/mol. The fraction of sp³-hybridized carbons (Fsp3) is 0.714. The normalized spacial score (nSPS) is 11.0. The van der Waals surface area contributed by atoms with E-state index in [-0.39, 0.29) is 11.8 Å². The van der Waals surface area contributed by atoms with Crippen LogP contribution >= 0.6 is 0 Å². The van der Waals surface area contributed by atoms with Crippen molar-refractivity contribution in [2.75, 3.05) is 0 Å². The van der Waals surface area contributed by atoms with E-state index in [4.69, 9.17) is 0 Å². The molecule has 0 unspecified atom stereocenters. The van der Waals surface area contributed by atoms with E-state index in [2.05, 4.69) is 0 Å². The van der Waals surface area contributed by atoms with Gasteiger partial charge in [-0.25, -0.2) is 0 Å². The van der Waals surface area contributed by atoms with Crippen LogP contribution in [-0.4, -0.2) is 24.6 Å². The zero-order valence-corrected chi connectivity index (χ0v) is 8.76. The maximum atomic E-state index is 11.0. The van der Waals surface area contributed by atoms with E-state index in [0.29, 0.717) is 0 Å². The number of rotatable bonds is 1. The van der Waals surface area contributed by atoms with Gasteiger partial charge in [0, 0.05) is 13.8 Å². The number of carbonyl (C=O) groups excluding carboxylic acids is 2. The minimum Gasteiger partial charge on any atom is -0.313 e. The highest BCUT2D eigenvalue weighted by Crippen LogP contribution is 2.09. The lowest BCUT2D eigenvalue weighted by Gasteiger charge is -2.29. The zero-order chi connectivity index (χ0) is 9.23. The third kappa shape index (κ3) is 2.84. The summed E-state index contributed by atoms with van der Waals surface area (Å²) < 4.78 is 1.38. The smallest absolute Gasteiger partial charge is 0.218 e. The first-order chi connectivity index (χ1) is 4.76. The molecule has 0 saturated heterocycles. The second-order valence-corrected chi connectivity index (χ2v) is 8.33. The molecule has 0 saturated carbocycles. The zero-order valence-electron chi connectivity index (χ0n) is 7.76. The Morgan fingerprint density at radius 3 is 1.27 bits per heavy atom. The van der Waals surface area contributed by atoms with Crippen molar-refractivity contribution in [2.45, 2.75) is 33.5 Å². The Bertz CT molecular complexity index is 169. The summed E-state index contributed by atoms with van der Waals surface area (Å²) >= 11 is 0. The summed E-state index contributed by atoms with van der Waals surface area (Å²) in [7, 11) is -1.78. The maximum absolute atomic E-state index is 11.0. The van der Waals surface area contributed by atoms with Gasteiger partial charge in [0.15, 0.2) is 8.24 Å². The van der Waals surface area contributed by atoms with Crippen LogP contribution in [-0.2, 0) is 9.59 Å². The molecule has 0 aliphatic heterocycles. The molecule has 0 atom stereocenters. The van der Waals surface area contributed by atoms with Crippen molar-refractivity contribution in [3.63, 3.8) is 0 Å². The molecule has 0 aliphatic carbocycles. The Kier molecular flexibility index (Phi) is 2.98.